The van der Waals surface area contributed by atoms with Crippen molar-refractivity contribution < 1.29 is 9.47 Å². The van der Waals surface area contributed by atoms with Crippen molar-refractivity contribution in [3.8, 4) is 5.75 Å². The normalized spacial score (nSPS) is 9.92. The second-order valence-corrected chi connectivity index (χ2v) is 3.23. The fraction of sp³-hybridized carbons (Fsp3) is 0.286. The molecule has 1 heterocycles. The van der Waals surface area contributed by atoms with E-state index in [2.05, 4.69) is 20.9 Å². The van der Waals surface area contributed by atoms with E-state index in [0.29, 0.717) is 10.9 Å². The summed E-state index contributed by atoms with van der Waals surface area (Å²) in [7, 11) is 1.55. The van der Waals surface area contributed by atoms with Crippen molar-refractivity contribution in [1.29, 1.82) is 0 Å². The van der Waals surface area contributed by atoms with Crippen molar-refractivity contribution >= 4 is 27.5 Å². The Balaban J connectivity index is 2.72. The first-order valence-electron chi connectivity index (χ1n) is 3.17. The molecule has 0 saturated heterocycles. The van der Waals surface area contributed by atoms with E-state index in [-0.39, 0.29) is 6.79 Å². The standard InChI is InChI=1S/C7H7BrClNO2/c1-11-4-12-6-3-10-7(9)2-5(6)8/h2-3H,4H2,1H3. The molecule has 0 radical (unpaired) electrons. The summed E-state index contributed by atoms with van der Waals surface area (Å²) in [4.78, 5) is 3.85. The molecule has 1 rings (SSSR count). The molecule has 0 amide bonds. The Bertz CT molecular complexity index is 270. The van der Waals surface area contributed by atoms with Gasteiger partial charge in [0.05, 0.1) is 10.7 Å². The number of ether oxygens (including phenoxy) is 2. The van der Waals surface area contributed by atoms with Crippen LogP contribution in [-0.4, -0.2) is 18.9 Å². The summed E-state index contributed by atoms with van der Waals surface area (Å²) >= 11 is 8.90. The van der Waals surface area contributed by atoms with Crippen LogP contribution in [0.5, 0.6) is 5.75 Å². The predicted octanol–water partition coefficient (Wildman–Crippen LogP) is 2.48. The summed E-state index contributed by atoms with van der Waals surface area (Å²) in [6.45, 7) is 0.196. The molecule has 66 valence electrons. The van der Waals surface area contributed by atoms with Crippen LogP contribution in [0.3, 0.4) is 0 Å². The lowest BCUT2D eigenvalue weighted by Gasteiger charge is -2.05. The van der Waals surface area contributed by atoms with Gasteiger partial charge in [-0.3, -0.25) is 0 Å². The minimum atomic E-state index is 0.196. The number of aromatic nitrogens is 1. The van der Waals surface area contributed by atoms with Gasteiger partial charge in [-0.25, -0.2) is 4.98 Å². The number of pyridine rings is 1. The number of hydrogen-bond donors (Lipinski definition) is 0. The lowest BCUT2D eigenvalue weighted by molar-refractivity contribution is 0.0503. The summed E-state index contributed by atoms with van der Waals surface area (Å²) in [5.41, 5.74) is 0. The third kappa shape index (κ3) is 2.62. The van der Waals surface area contributed by atoms with Crippen LogP contribution in [0.2, 0.25) is 5.15 Å². The van der Waals surface area contributed by atoms with E-state index in [9.17, 15) is 0 Å². The second-order valence-electron chi connectivity index (χ2n) is 1.99. The van der Waals surface area contributed by atoms with E-state index in [1.54, 1.807) is 13.2 Å². The van der Waals surface area contributed by atoms with Gasteiger partial charge in [-0.2, -0.15) is 0 Å². The van der Waals surface area contributed by atoms with Gasteiger partial charge in [0, 0.05) is 7.11 Å². The van der Waals surface area contributed by atoms with Crippen LogP contribution in [-0.2, 0) is 4.74 Å². The first-order valence-corrected chi connectivity index (χ1v) is 4.34. The van der Waals surface area contributed by atoms with Gasteiger partial charge in [0.1, 0.15) is 5.15 Å². The quantitative estimate of drug-likeness (QED) is 0.612. The monoisotopic (exact) mass is 251 g/mol. The fourth-order valence-electron chi connectivity index (χ4n) is 0.624. The Hall–Kier alpha value is -0.320. The van der Waals surface area contributed by atoms with E-state index in [1.807, 2.05) is 0 Å². The molecule has 0 bridgehead atoms. The molecule has 0 saturated carbocycles. The molecule has 0 atom stereocenters. The number of nitrogens with zero attached hydrogens (tertiary/aromatic N) is 1. The number of hydrogen-bond acceptors (Lipinski definition) is 3. The van der Waals surface area contributed by atoms with Crippen molar-refractivity contribution in [3.05, 3.63) is 21.9 Å². The van der Waals surface area contributed by atoms with E-state index in [1.165, 1.54) is 6.20 Å². The van der Waals surface area contributed by atoms with Crippen molar-refractivity contribution in [2.45, 2.75) is 0 Å². The average Bonchev–Trinajstić information content (AvgIpc) is 2.03. The molecule has 0 fully saturated rings. The van der Waals surface area contributed by atoms with Crippen LogP contribution in [0.1, 0.15) is 0 Å². The molecule has 12 heavy (non-hydrogen) atoms. The van der Waals surface area contributed by atoms with E-state index < -0.39 is 0 Å². The zero-order valence-electron chi connectivity index (χ0n) is 6.38. The molecule has 0 aromatic carbocycles. The fourth-order valence-corrected chi connectivity index (χ4v) is 1.35. The first-order chi connectivity index (χ1) is 5.74. The van der Waals surface area contributed by atoms with Crippen LogP contribution in [0, 0.1) is 0 Å². The number of halogens is 2. The van der Waals surface area contributed by atoms with Crippen molar-refractivity contribution in [3.63, 3.8) is 0 Å². The molecule has 5 heteroatoms. The van der Waals surface area contributed by atoms with Gasteiger partial charge in [-0.15, -0.1) is 0 Å². The molecular weight excluding hydrogens is 245 g/mol. The van der Waals surface area contributed by atoms with Gasteiger partial charge in [-0.05, 0) is 22.0 Å². The Labute approximate surface area is 83.8 Å². The van der Waals surface area contributed by atoms with E-state index >= 15 is 0 Å². The lowest BCUT2D eigenvalue weighted by atomic mass is 10.5. The highest BCUT2D eigenvalue weighted by atomic mass is 79.9. The molecule has 0 unspecified atom stereocenters. The molecule has 1 aromatic rings. The SMILES string of the molecule is COCOc1cnc(Cl)cc1Br. The Kier molecular flexibility index (Phi) is 3.78. The summed E-state index contributed by atoms with van der Waals surface area (Å²) in [5, 5.41) is 0.423. The highest BCUT2D eigenvalue weighted by molar-refractivity contribution is 9.10. The van der Waals surface area contributed by atoms with Crippen LogP contribution in [0.25, 0.3) is 0 Å². The molecule has 1 aromatic heterocycles. The highest BCUT2D eigenvalue weighted by Crippen LogP contribution is 2.25. The van der Waals surface area contributed by atoms with Crippen LogP contribution < -0.4 is 4.74 Å². The molecule has 0 aliphatic carbocycles. The minimum absolute atomic E-state index is 0.196. The third-order valence-corrected chi connectivity index (χ3v) is 1.95. The van der Waals surface area contributed by atoms with E-state index in [0.717, 1.165) is 4.47 Å². The van der Waals surface area contributed by atoms with Gasteiger partial charge in [-0.1, -0.05) is 11.6 Å². The molecule has 0 spiro atoms. The first kappa shape index (κ1) is 9.77. The van der Waals surface area contributed by atoms with Gasteiger partial charge in [0.2, 0.25) is 0 Å². The van der Waals surface area contributed by atoms with Crippen LogP contribution in [0.15, 0.2) is 16.7 Å². The minimum Gasteiger partial charge on any atom is -0.465 e. The van der Waals surface area contributed by atoms with Crippen molar-refractivity contribution in [2.75, 3.05) is 13.9 Å². The van der Waals surface area contributed by atoms with Gasteiger partial charge >= 0.3 is 0 Å². The number of rotatable bonds is 3. The third-order valence-electron chi connectivity index (χ3n) is 1.12. The Morgan fingerprint density at radius 3 is 3.00 bits per heavy atom. The zero-order chi connectivity index (χ0) is 8.97. The summed E-state index contributed by atoms with van der Waals surface area (Å²) in [6.07, 6.45) is 1.53. The molecule has 0 aliphatic rings. The molecular formula is C7H7BrClNO2. The van der Waals surface area contributed by atoms with E-state index in [4.69, 9.17) is 21.1 Å². The summed E-state index contributed by atoms with van der Waals surface area (Å²) < 4.78 is 10.6. The molecule has 0 N–H and O–H groups in total. The maximum atomic E-state index is 5.62. The Morgan fingerprint density at radius 2 is 2.42 bits per heavy atom. The smallest absolute Gasteiger partial charge is 0.188 e. The highest BCUT2D eigenvalue weighted by Gasteiger charge is 2.01. The molecule has 3 nitrogen and oxygen atoms in total. The average molecular weight is 252 g/mol. The van der Waals surface area contributed by atoms with Gasteiger partial charge < -0.3 is 9.47 Å². The molecule has 0 aliphatic heterocycles. The van der Waals surface area contributed by atoms with Gasteiger partial charge in [0.25, 0.3) is 0 Å². The van der Waals surface area contributed by atoms with Crippen molar-refractivity contribution in [2.24, 2.45) is 0 Å². The topological polar surface area (TPSA) is 31.4 Å². The second kappa shape index (κ2) is 4.64. The maximum Gasteiger partial charge on any atom is 0.188 e. The summed E-state index contributed by atoms with van der Waals surface area (Å²) in [5.74, 6) is 0.612. The number of methoxy groups -OCH3 is 1. The lowest BCUT2D eigenvalue weighted by Crippen LogP contribution is -1.99. The van der Waals surface area contributed by atoms with Crippen molar-refractivity contribution in [1.82, 2.24) is 4.98 Å². The summed E-state index contributed by atoms with van der Waals surface area (Å²) in [6, 6.07) is 1.66. The van der Waals surface area contributed by atoms with Crippen LogP contribution >= 0.6 is 27.5 Å². The zero-order valence-corrected chi connectivity index (χ0v) is 8.72. The maximum absolute atomic E-state index is 5.62. The van der Waals surface area contributed by atoms with Gasteiger partial charge in [0.15, 0.2) is 12.5 Å². The predicted molar refractivity (Wildman–Crippen MR) is 49.5 cm³/mol. The largest absolute Gasteiger partial charge is 0.465 e. The van der Waals surface area contributed by atoms with Crippen LogP contribution in [0.4, 0.5) is 0 Å². The Morgan fingerprint density at radius 1 is 1.67 bits per heavy atom.